The molecule has 0 aliphatic carbocycles. The van der Waals surface area contributed by atoms with E-state index in [0.717, 1.165) is 4.90 Å². The Bertz CT molecular complexity index is 1230. The molecule has 11 heteroatoms. The average molecular weight is 534 g/mol. The lowest BCUT2D eigenvalue weighted by molar-refractivity contribution is -0.136. The molecule has 3 rings (SSSR count). The van der Waals surface area contributed by atoms with Gasteiger partial charge in [-0.3, -0.25) is 9.59 Å². The molecule has 0 fully saturated rings. The first-order chi connectivity index (χ1) is 17.2. The molecule has 0 saturated heterocycles. The third kappa shape index (κ3) is 7.96. The van der Waals surface area contributed by atoms with E-state index in [9.17, 15) is 23.2 Å². The Morgan fingerprint density at radius 3 is 2.28 bits per heavy atom. The van der Waals surface area contributed by atoms with Crippen LogP contribution in [0.3, 0.4) is 0 Å². The van der Waals surface area contributed by atoms with Crippen molar-refractivity contribution in [2.24, 2.45) is 0 Å². The van der Waals surface area contributed by atoms with Crippen molar-refractivity contribution >= 4 is 58.2 Å². The first kappa shape index (κ1) is 27.0. The van der Waals surface area contributed by atoms with Crippen molar-refractivity contribution in [2.45, 2.75) is 10.7 Å². The summed E-state index contributed by atoms with van der Waals surface area (Å²) in [5.41, 5.74) is 1.59. The molecule has 0 atom stereocenters. The van der Waals surface area contributed by atoms with Crippen molar-refractivity contribution < 1.29 is 27.9 Å². The number of hydrogen-bond acceptors (Lipinski definition) is 6. The number of carbonyl (C=O) groups excluding carboxylic acids is 3. The fourth-order valence-electron chi connectivity index (χ4n) is 3.02. The second-order valence-corrected chi connectivity index (χ2v) is 8.90. The highest BCUT2D eigenvalue weighted by atomic mass is 35.5. The van der Waals surface area contributed by atoms with E-state index in [1.165, 1.54) is 25.2 Å². The second-order valence-electron chi connectivity index (χ2n) is 7.43. The van der Waals surface area contributed by atoms with Gasteiger partial charge in [0.2, 0.25) is 5.91 Å². The van der Waals surface area contributed by atoms with Crippen molar-refractivity contribution in [2.75, 3.05) is 30.8 Å². The van der Waals surface area contributed by atoms with Crippen LogP contribution in [0.25, 0.3) is 0 Å². The summed E-state index contributed by atoms with van der Waals surface area (Å²) in [6, 6.07) is 19.5. The van der Waals surface area contributed by atoms with E-state index in [1.807, 2.05) is 0 Å². The highest BCUT2D eigenvalue weighted by Gasteiger charge is 2.18. The molecule has 0 bridgehead atoms. The van der Waals surface area contributed by atoms with Crippen LogP contribution in [-0.4, -0.2) is 48.6 Å². The van der Waals surface area contributed by atoms with Gasteiger partial charge in [-0.25, -0.2) is 4.79 Å². The van der Waals surface area contributed by atoms with Gasteiger partial charge in [0.15, 0.2) is 6.61 Å². The van der Waals surface area contributed by atoms with Crippen molar-refractivity contribution in [3.05, 3.63) is 83.4 Å². The summed E-state index contributed by atoms with van der Waals surface area (Å²) in [6.07, 6.45) is 0. The maximum Gasteiger partial charge on any atom is 0.340 e. The van der Waals surface area contributed by atoms with E-state index in [1.54, 1.807) is 54.6 Å². The lowest BCUT2D eigenvalue weighted by atomic mass is 10.1. The van der Waals surface area contributed by atoms with Crippen LogP contribution in [-0.2, 0) is 14.3 Å². The number of halogens is 3. The number of nitrogens with zero attached hydrogens (tertiary/aromatic N) is 1. The maximum atomic E-state index is 12.6. The molecule has 36 heavy (non-hydrogen) atoms. The molecule has 0 aromatic heterocycles. The van der Waals surface area contributed by atoms with Crippen LogP contribution < -0.4 is 10.6 Å². The van der Waals surface area contributed by atoms with Crippen LogP contribution in [0.5, 0.6) is 0 Å². The van der Waals surface area contributed by atoms with E-state index in [4.69, 9.17) is 16.3 Å². The molecule has 0 heterocycles. The van der Waals surface area contributed by atoms with Crippen molar-refractivity contribution in [3.63, 3.8) is 0 Å². The predicted molar refractivity (Wildman–Crippen MR) is 136 cm³/mol. The Labute approximate surface area is 215 Å². The van der Waals surface area contributed by atoms with Gasteiger partial charge in [0.1, 0.15) is 0 Å². The first-order valence-corrected chi connectivity index (χ1v) is 11.8. The average Bonchev–Trinajstić information content (AvgIpc) is 2.85. The van der Waals surface area contributed by atoms with Crippen LogP contribution in [0.1, 0.15) is 10.4 Å². The van der Waals surface area contributed by atoms with Gasteiger partial charge in [0.25, 0.3) is 11.7 Å². The molecule has 3 aromatic carbocycles. The van der Waals surface area contributed by atoms with E-state index >= 15 is 0 Å². The molecular formula is C25H22ClF2N3O4S. The number of rotatable bonds is 10. The maximum absolute atomic E-state index is 12.6. The lowest BCUT2D eigenvalue weighted by Crippen LogP contribution is -2.37. The molecule has 2 amide bonds. The van der Waals surface area contributed by atoms with Gasteiger partial charge < -0.3 is 20.3 Å². The molecule has 0 aliphatic rings. The Kier molecular flexibility index (Phi) is 9.66. The summed E-state index contributed by atoms with van der Waals surface area (Å²) < 4.78 is 30.2. The number of benzene rings is 3. The van der Waals surface area contributed by atoms with Gasteiger partial charge in [0, 0.05) is 17.6 Å². The molecule has 7 nitrogen and oxygen atoms in total. The van der Waals surface area contributed by atoms with Crippen molar-refractivity contribution in [3.8, 4) is 0 Å². The monoisotopic (exact) mass is 533 g/mol. The number of esters is 1. The Balaban J connectivity index is 1.54. The minimum atomic E-state index is -2.52. The molecular weight excluding hydrogens is 512 g/mol. The highest BCUT2D eigenvalue weighted by Crippen LogP contribution is 2.28. The number of ether oxygens (including phenoxy) is 1. The largest absolute Gasteiger partial charge is 0.452 e. The van der Waals surface area contributed by atoms with Crippen LogP contribution in [0.4, 0.5) is 25.8 Å². The number of thioether (sulfide) groups is 1. The molecule has 0 aliphatic heterocycles. The van der Waals surface area contributed by atoms with E-state index in [-0.39, 0.29) is 12.1 Å². The second kappa shape index (κ2) is 12.9. The number of likely N-dealkylation sites (N-methyl/N-ethyl adjacent to an activating group) is 1. The summed E-state index contributed by atoms with van der Waals surface area (Å²) >= 11 is 6.45. The fourth-order valence-corrected chi connectivity index (χ4v) is 3.70. The zero-order valence-electron chi connectivity index (χ0n) is 19.0. The van der Waals surface area contributed by atoms with Gasteiger partial charge in [0.05, 0.1) is 28.5 Å². The smallest absolute Gasteiger partial charge is 0.340 e. The van der Waals surface area contributed by atoms with Crippen LogP contribution in [0, 0.1) is 0 Å². The minimum Gasteiger partial charge on any atom is -0.452 e. The minimum absolute atomic E-state index is 0.176. The van der Waals surface area contributed by atoms with Gasteiger partial charge >= 0.3 is 5.97 Å². The van der Waals surface area contributed by atoms with Crippen molar-refractivity contribution in [1.29, 1.82) is 0 Å². The number of anilines is 3. The number of hydrogen-bond donors (Lipinski definition) is 2. The van der Waals surface area contributed by atoms with E-state index in [0.29, 0.717) is 38.7 Å². The number of alkyl halides is 2. The van der Waals surface area contributed by atoms with Crippen molar-refractivity contribution in [1.82, 2.24) is 4.90 Å². The molecule has 188 valence electrons. The highest BCUT2D eigenvalue weighted by molar-refractivity contribution is 7.99. The van der Waals surface area contributed by atoms with E-state index < -0.39 is 30.1 Å². The zero-order chi connectivity index (χ0) is 26.1. The summed E-state index contributed by atoms with van der Waals surface area (Å²) in [6.45, 7) is -0.831. The number of amides is 2. The SMILES string of the molecule is CN(CC(=O)Nc1ccccc1Cl)C(=O)COC(=O)c1ccccc1Nc1ccc(SC(F)F)cc1. The normalized spacial score (nSPS) is 10.6. The summed E-state index contributed by atoms with van der Waals surface area (Å²) in [4.78, 5) is 38.8. The summed E-state index contributed by atoms with van der Waals surface area (Å²) in [5.74, 6) is -4.30. The van der Waals surface area contributed by atoms with Crippen LogP contribution >= 0.6 is 23.4 Å². The molecule has 0 saturated carbocycles. The molecule has 0 radical (unpaired) electrons. The van der Waals surface area contributed by atoms with E-state index in [2.05, 4.69) is 10.6 Å². The standard InChI is InChI=1S/C25H22ClF2N3O4S/c1-31(14-22(32)30-21-9-5-3-7-19(21)26)23(33)15-35-24(34)18-6-2-4-8-20(18)29-16-10-12-17(13-11-16)36-25(27)28/h2-13,25,29H,14-15H2,1H3,(H,30,32). The number of nitrogens with one attached hydrogen (secondary N) is 2. The lowest BCUT2D eigenvalue weighted by Gasteiger charge is -2.17. The topological polar surface area (TPSA) is 87.7 Å². The summed E-state index contributed by atoms with van der Waals surface area (Å²) in [5, 5.41) is 6.02. The van der Waals surface area contributed by atoms with Gasteiger partial charge in [-0.15, -0.1) is 0 Å². The fraction of sp³-hybridized carbons (Fsp3) is 0.160. The molecule has 2 N–H and O–H groups in total. The van der Waals surface area contributed by atoms with Gasteiger partial charge in [-0.1, -0.05) is 47.6 Å². The molecule has 0 spiro atoms. The number of carbonyl (C=O) groups is 3. The third-order valence-electron chi connectivity index (χ3n) is 4.79. The molecule has 0 unspecified atom stereocenters. The Hall–Kier alpha value is -3.63. The zero-order valence-corrected chi connectivity index (χ0v) is 20.6. The Morgan fingerprint density at radius 1 is 0.972 bits per heavy atom. The van der Waals surface area contributed by atoms with Crippen LogP contribution in [0.15, 0.2) is 77.7 Å². The first-order valence-electron chi connectivity index (χ1n) is 10.6. The van der Waals surface area contributed by atoms with Crippen LogP contribution in [0.2, 0.25) is 5.02 Å². The Morgan fingerprint density at radius 2 is 1.61 bits per heavy atom. The van der Waals surface area contributed by atoms with Gasteiger partial charge in [-0.05, 0) is 48.5 Å². The predicted octanol–water partition coefficient (Wildman–Crippen LogP) is 5.65. The number of para-hydroxylation sites is 2. The molecule has 3 aromatic rings. The van der Waals surface area contributed by atoms with Gasteiger partial charge in [-0.2, -0.15) is 8.78 Å². The third-order valence-corrected chi connectivity index (χ3v) is 5.84. The summed E-state index contributed by atoms with van der Waals surface area (Å²) in [7, 11) is 1.41. The quantitative estimate of drug-likeness (QED) is 0.258.